The largest absolute Gasteiger partial charge is 0.504 e. The van der Waals surface area contributed by atoms with Gasteiger partial charge < -0.3 is 14.9 Å². The Labute approximate surface area is 111 Å². The second-order valence-electron chi connectivity index (χ2n) is 4.87. The highest BCUT2D eigenvalue weighted by molar-refractivity contribution is 6.31. The number of aliphatic carboxylic acids is 1. The van der Waals surface area contributed by atoms with Crippen LogP contribution in [0.5, 0.6) is 11.5 Å². The fraction of sp³-hybridized carbons (Fsp3) is 0.462. The zero-order valence-corrected chi connectivity index (χ0v) is 11.6. The van der Waals surface area contributed by atoms with Gasteiger partial charge in [0.1, 0.15) is 0 Å². The van der Waals surface area contributed by atoms with Gasteiger partial charge in [0.2, 0.25) is 0 Å². The lowest BCUT2D eigenvalue weighted by molar-refractivity contribution is -0.138. The van der Waals surface area contributed by atoms with Crippen LogP contribution in [0.4, 0.5) is 0 Å². The van der Waals surface area contributed by atoms with Crippen molar-refractivity contribution in [2.24, 2.45) is 0 Å². The number of carbonyl (C=O) groups is 1. The molecule has 0 radical (unpaired) electrons. The zero-order valence-electron chi connectivity index (χ0n) is 10.9. The summed E-state index contributed by atoms with van der Waals surface area (Å²) < 4.78 is 5.18. The molecule has 0 atom stereocenters. The second-order valence-corrected chi connectivity index (χ2v) is 5.27. The van der Waals surface area contributed by atoms with Gasteiger partial charge in [-0.2, -0.15) is 0 Å². The predicted octanol–water partition coefficient (Wildman–Crippen LogP) is 3.11. The minimum absolute atomic E-state index is 0.0794. The van der Waals surface area contributed by atoms with E-state index < -0.39 is 11.4 Å². The highest BCUT2D eigenvalue weighted by atomic mass is 35.5. The Morgan fingerprint density at radius 2 is 2.06 bits per heavy atom. The maximum Gasteiger partial charge on any atom is 0.304 e. The third-order valence-corrected chi connectivity index (χ3v) is 3.32. The van der Waals surface area contributed by atoms with E-state index in [-0.39, 0.29) is 17.9 Å². The van der Waals surface area contributed by atoms with Crippen LogP contribution in [-0.4, -0.2) is 23.3 Å². The number of aromatic hydroxyl groups is 1. The number of phenolic OH excluding ortho intramolecular Hbond substituents is 1. The molecule has 4 nitrogen and oxygen atoms in total. The van der Waals surface area contributed by atoms with E-state index in [0.717, 1.165) is 5.56 Å². The number of ether oxygens (including phenoxy) is 1. The van der Waals surface area contributed by atoms with E-state index in [1.165, 1.54) is 13.2 Å². The predicted molar refractivity (Wildman–Crippen MR) is 69.7 cm³/mol. The molecular formula is C13H17ClO4. The molecule has 0 amide bonds. The van der Waals surface area contributed by atoms with Crippen LogP contribution in [0.3, 0.4) is 0 Å². The van der Waals surface area contributed by atoms with Gasteiger partial charge in [-0.3, -0.25) is 4.79 Å². The number of rotatable bonds is 4. The lowest BCUT2D eigenvalue weighted by Crippen LogP contribution is -2.24. The molecule has 0 aliphatic rings. The highest BCUT2D eigenvalue weighted by Gasteiger charge is 2.31. The van der Waals surface area contributed by atoms with Crippen molar-refractivity contribution in [2.45, 2.75) is 32.6 Å². The van der Waals surface area contributed by atoms with Gasteiger partial charge in [-0.15, -0.1) is 0 Å². The van der Waals surface area contributed by atoms with Crippen molar-refractivity contribution >= 4 is 17.6 Å². The fourth-order valence-electron chi connectivity index (χ4n) is 2.20. The number of halogens is 1. The lowest BCUT2D eigenvalue weighted by atomic mass is 9.78. The highest BCUT2D eigenvalue weighted by Crippen LogP contribution is 2.44. The summed E-state index contributed by atoms with van der Waals surface area (Å²) in [6, 6.07) is 1.40. The van der Waals surface area contributed by atoms with Crippen LogP contribution in [0.1, 0.15) is 31.4 Å². The van der Waals surface area contributed by atoms with Gasteiger partial charge in [0, 0.05) is 22.1 Å². The molecule has 0 heterocycles. The van der Waals surface area contributed by atoms with E-state index in [9.17, 15) is 9.90 Å². The van der Waals surface area contributed by atoms with E-state index in [4.69, 9.17) is 21.4 Å². The van der Waals surface area contributed by atoms with E-state index >= 15 is 0 Å². The number of hydrogen-bond donors (Lipinski definition) is 2. The molecule has 0 aliphatic heterocycles. The SMILES string of the molecule is COc1c(O)cc(Cl)c(C)c1C(C)(C)CC(=O)O. The van der Waals surface area contributed by atoms with E-state index in [1.807, 2.05) is 0 Å². The molecule has 2 N–H and O–H groups in total. The molecule has 0 aromatic heterocycles. The molecule has 0 unspecified atom stereocenters. The minimum atomic E-state index is -0.916. The van der Waals surface area contributed by atoms with Crippen molar-refractivity contribution in [3.8, 4) is 11.5 Å². The lowest BCUT2D eigenvalue weighted by Gasteiger charge is -2.28. The van der Waals surface area contributed by atoms with Crippen LogP contribution in [0.25, 0.3) is 0 Å². The Morgan fingerprint density at radius 1 is 1.50 bits per heavy atom. The standard InChI is InChI=1S/C13H17ClO4/c1-7-8(14)5-9(15)12(18-4)11(7)13(2,3)6-10(16)17/h5,15H,6H2,1-4H3,(H,16,17). The van der Waals surface area contributed by atoms with E-state index in [1.54, 1.807) is 20.8 Å². The molecule has 1 aromatic carbocycles. The molecule has 100 valence electrons. The molecule has 0 spiro atoms. The van der Waals surface area contributed by atoms with E-state index in [2.05, 4.69) is 0 Å². The summed E-state index contributed by atoms with van der Waals surface area (Å²) in [4.78, 5) is 10.9. The summed E-state index contributed by atoms with van der Waals surface area (Å²) in [5.74, 6) is -0.717. The molecule has 0 fully saturated rings. The normalized spacial score (nSPS) is 11.4. The molecule has 5 heteroatoms. The molecule has 1 rings (SSSR count). The Bertz CT molecular complexity index is 480. The van der Waals surface area contributed by atoms with Gasteiger partial charge in [-0.1, -0.05) is 25.4 Å². The molecular weight excluding hydrogens is 256 g/mol. The van der Waals surface area contributed by atoms with Crippen LogP contribution < -0.4 is 4.74 Å². The maximum absolute atomic E-state index is 10.9. The average Bonchev–Trinajstić information content (AvgIpc) is 2.20. The van der Waals surface area contributed by atoms with Gasteiger partial charge in [0.05, 0.1) is 13.5 Å². The van der Waals surface area contributed by atoms with E-state index in [0.29, 0.717) is 10.6 Å². The Kier molecular flexibility index (Phi) is 4.12. The zero-order chi connectivity index (χ0) is 14.1. The molecule has 0 saturated carbocycles. The van der Waals surface area contributed by atoms with Crippen molar-refractivity contribution in [2.75, 3.05) is 7.11 Å². The number of carboxylic acid groups (broad SMARTS) is 1. The van der Waals surface area contributed by atoms with Crippen molar-refractivity contribution in [1.82, 2.24) is 0 Å². The van der Waals surface area contributed by atoms with Crippen LogP contribution in [0.15, 0.2) is 6.07 Å². The van der Waals surface area contributed by atoms with Crippen molar-refractivity contribution in [1.29, 1.82) is 0 Å². The average molecular weight is 273 g/mol. The second kappa shape index (κ2) is 5.06. The molecule has 0 aliphatic carbocycles. The smallest absolute Gasteiger partial charge is 0.304 e. The molecule has 1 aromatic rings. The summed E-state index contributed by atoms with van der Waals surface area (Å²) in [5.41, 5.74) is 0.652. The maximum atomic E-state index is 10.9. The van der Waals surface area contributed by atoms with Gasteiger partial charge in [-0.25, -0.2) is 0 Å². The van der Waals surface area contributed by atoms with Gasteiger partial charge in [-0.05, 0) is 12.5 Å². The van der Waals surface area contributed by atoms with Crippen LogP contribution >= 0.6 is 11.6 Å². The van der Waals surface area contributed by atoms with Gasteiger partial charge in [0.15, 0.2) is 11.5 Å². The minimum Gasteiger partial charge on any atom is -0.504 e. The Hall–Kier alpha value is -1.42. The molecule has 0 saturated heterocycles. The van der Waals surface area contributed by atoms with Crippen LogP contribution in [0, 0.1) is 6.92 Å². The number of phenols is 1. The molecule has 18 heavy (non-hydrogen) atoms. The first-order chi connectivity index (χ1) is 8.20. The number of hydrogen-bond acceptors (Lipinski definition) is 3. The first-order valence-corrected chi connectivity index (χ1v) is 5.87. The topological polar surface area (TPSA) is 66.8 Å². The fourth-order valence-corrected chi connectivity index (χ4v) is 2.40. The number of benzene rings is 1. The summed E-state index contributed by atoms with van der Waals surface area (Å²) in [7, 11) is 1.43. The van der Waals surface area contributed by atoms with Crippen LogP contribution in [0.2, 0.25) is 5.02 Å². The van der Waals surface area contributed by atoms with Crippen molar-refractivity contribution in [3.63, 3.8) is 0 Å². The number of carboxylic acids is 1. The summed E-state index contributed by atoms with van der Waals surface area (Å²) >= 11 is 6.03. The quantitative estimate of drug-likeness (QED) is 0.884. The third-order valence-electron chi connectivity index (χ3n) is 2.93. The van der Waals surface area contributed by atoms with Crippen molar-refractivity contribution < 1.29 is 19.7 Å². The molecule has 0 bridgehead atoms. The summed E-state index contributed by atoms with van der Waals surface area (Å²) in [5, 5.41) is 19.2. The van der Waals surface area contributed by atoms with Gasteiger partial charge >= 0.3 is 5.97 Å². The van der Waals surface area contributed by atoms with Gasteiger partial charge in [0.25, 0.3) is 0 Å². The number of methoxy groups -OCH3 is 1. The van der Waals surface area contributed by atoms with Crippen molar-refractivity contribution in [3.05, 3.63) is 22.2 Å². The summed E-state index contributed by atoms with van der Waals surface area (Å²) in [6.07, 6.45) is -0.0794. The summed E-state index contributed by atoms with van der Waals surface area (Å²) in [6.45, 7) is 5.34. The third kappa shape index (κ3) is 2.70. The Balaban J connectivity index is 3.51. The Morgan fingerprint density at radius 3 is 2.50 bits per heavy atom. The first-order valence-electron chi connectivity index (χ1n) is 5.49. The van der Waals surface area contributed by atoms with Crippen LogP contribution in [-0.2, 0) is 10.2 Å². The first kappa shape index (κ1) is 14.6. The monoisotopic (exact) mass is 272 g/mol.